The predicted molar refractivity (Wildman–Crippen MR) is 123 cm³/mol. The number of ether oxygens (including phenoxy) is 1. The Hall–Kier alpha value is -2.90. The zero-order valence-electron chi connectivity index (χ0n) is 19.4. The van der Waals surface area contributed by atoms with Crippen molar-refractivity contribution in [1.82, 2.24) is 10.2 Å². The summed E-state index contributed by atoms with van der Waals surface area (Å²) >= 11 is 0. The maximum atomic E-state index is 12.9. The van der Waals surface area contributed by atoms with Gasteiger partial charge >= 0.3 is 12.0 Å². The fourth-order valence-corrected chi connectivity index (χ4v) is 4.00. The average molecular weight is 446 g/mol. The summed E-state index contributed by atoms with van der Waals surface area (Å²) < 4.78 is 5.25. The molecular weight excluding hydrogens is 410 g/mol. The standard InChI is InChI=1S/C24H35N3O5/c1-4-6-7-8-9-10-11-12-16-26-18(3)21(23(28)32-5-2)22(25-24(26)29)19-14-13-15-20(17-19)27(30)31/h13-15,17,22H,4-12,16H2,1-3H3,(H,25,29). The van der Waals surface area contributed by atoms with Crippen LogP contribution in [0.3, 0.4) is 0 Å². The third-order valence-corrected chi connectivity index (χ3v) is 5.74. The minimum absolute atomic E-state index is 0.0982. The summed E-state index contributed by atoms with van der Waals surface area (Å²) in [6, 6.07) is 4.87. The molecule has 0 spiro atoms. The van der Waals surface area contributed by atoms with Crippen LogP contribution in [0, 0.1) is 10.1 Å². The minimum Gasteiger partial charge on any atom is -0.463 e. The van der Waals surface area contributed by atoms with Crippen LogP contribution in [0.2, 0.25) is 0 Å². The monoisotopic (exact) mass is 445 g/mol. The quantitative estimate of drug-likeness (QED) is 0.183. The first kappa shape index (κ1) is 25.4. The van der Waals surface area contributed by atoms with Crippen LogP contribution in [0.25, 0.3) is 0 Å². The molecule has 2 rings (SSSR count). The first-order chi connectivity index (χ1) is 15.4. The van der Waals surface area contributed by atoms with Gasteiger partial charge in [-0.3, -0.25) is 15.0 Å². The van der Waals surface area contributed by atoms with E-state index < -0.39 is 16.9 Å². The number of rotatable bonds is 13. The van der Waals surface area contributed by atoms with Gasteiger partial charge in [-0.25, -0.2) is 9.59 Å². The first-order valence-corrected chi connectivity index (χ1v) is 11.6. The first-order valence-electron chi connectivity index (χ1n) is 11.6. The molecule has 2 amide bonds. The van der Waals surface area contributed by atoms with E-state index in [0.717, 1.165) is 19.3 Å². The maximum absolute atomic E-state index is 12.9. The van der Waals surface area contributed by atoms with E-state index in [1.54, 1.807) is 30.9 Å². The number of nitro benzene ring substituents is 1. The number of non-ortho nitro benzene ring substituents is 1. The largest absolute Gasteiger partial charge is 0.463 e. The lowest BCUT2D eigenvalue weighted by molar-refractivity contribution is -0.384. The highest BCUT2D eigenvalue weighted by Crippen LogP contribution is 2.33. The van der Waals surface area contributed by atoms with Crippen LogP contribution < -0.4 is 5.32 Å². The number of carbonyl (C=O) groups is 2. The van der Waals surface area contributed by atoms with E-state index in [1.807, 2.05) is 0 Å². The Morgan fingerprint density at radius 3 is 2.41 bits per heavy atom. The number of unbranched alkanes of at least 4 members (excludes halogenated alkanes) is 7. The number of hydrogen-bond donors (Lipinski definition) is 1. The lowest BCUT2D eigenvalue weighted by Crippen LogP contribution is -2.48. The van der Waals surface area contributed by atoms with Crippen LogP contribution in [0.5, 0.6) is 0 Å². The third kappa shape index (κ3) is 6.80. The molecule has 0 aromatic heterocycles. The number of urea groups is 1. The van der Waals surface area contributed by atoms with Gasteiger partial charge in [0.25, 0.3) is 5.69 Å². The second kappa shape index (κ2) is 12.8. The summed E-state index contributed by atoms with van der Waals surface area (Å²) in [5.74, 6) is -0.526. The van der Waals surface area contributed by atoms with Crippen LogP contribution >= 0.6 is 0 Å². The molecular formula is C24H35N3O5. The van der Waals surface area contributed by atoms with Crippen LogP contribution in [-0.2, 0) is 9.53 Å². The van der Waals surface area contributed by atoms with Gasteiger partial charge in [-0.05, 0) is 25.8 Å². The number of nitro groups is 1. The van der Waals surface area contributed by atoms with Crippen LogP contribution in [-0.4, -0.2) is 35.0 Å². The Balaban J connectivity index is 2.15. The van der Waals surface area contributed by atoms with Crippen molar-refractivity contribution >= 4 is 17.7 Å². The van der Waals surface area contributed by atoms with Crippen LogP contribution in [0.15, 0.2) is 35.5 Å². The zero-order valence-corrected chi connectivity index (χ0v) is 19.4. The van der Waals surface area contributed by atoms with E-state index in [4.69, 9.17) is 4.74 Å². The van der Waals surface area contributed by atoms with Gasteiger partial charge in [0, 0.05) is 24.4 Å². The average Bonchev–Trinajstić information content (AvgIpc) is 2.77. The summed E-state index contributed by atoms with van der Waals surface area (Å²) in [4.78, 5) is 37.9. The van der Waals surface area contributed by atoms with Gasteiger partial charge in [0.15, 0.2) is 0 Å². The Labute approximate surface area is 190 Å². The van der Waals surface area contributed by atoms with Gasteiger partial charge in [0.05, 0.1) is 23.1 Å². The maximum Gasteiger partial charge on any atom is 0.338 e. The molecule has 1 aliphatic heterocycles. The highest BCUT2D eigenvalue weighted by atomic mass is 16.6. The van der Waals surface area contributed by atoms with Crippen molar-refractivity contribution in [1.29, 1.82) is 0 Å². The lowest BCUT2D eigenvalue weighted by atomic mass is 9.94. The van der Waals surface area contributed by atoms with Gasteiger partial charge in [-0.2, -0.15) is 0 Å². The zero-order chi connectivity index (χ0) is 23.5. The molecule has 32 heavy (non-hydrogen) atoms. The second-order valence-electron chi connectivity index (χ2n) is 8.08. The normalized spacial score (nSPS) is 16.2. The molecule has 1 atom stereocenters. The highest BCUT2D eigenvalue weighted by molar-refractivity contribution is 5.95. The fourth-order valence-electron chi connectivity index (χ4n) is 4.00. The summed E-state index contributed by atoms with van der Waals surface area (Å²) in [6.45, 7) is 6.37. The van der Waals surface area contributed by atoms with Crippen molar-refractivity contribution in [2.45, 2.75) is 78.2 Å². The van der Waals surface area contributed by atoms with Crippen molar-refractivity contribution in [3.63, 3.8) is 0 Å². The van der Waals surface area contributed by atoms with E-state index in [-0.39, 0.29) is 18.3 Å². The number of amides is 2. The Bertz CT molecular complexity index is 837. The van der Waals surface area contributed by atoms with Crippen molar-refractivity contribution in [2.75, 3.05) is 13.2 Å². The minimum atomic E-state index is -0.795. The van der Waals surface area contributed by atoms with Gasteiger partial charge in [0.2, 0.25) is 0 Å². The van der Waals surface area contributed by atoms with E-state index in [9.17, 15) is 19.7 Å². The van der Waals surface area contributed by atoms with Gasteiger partial charge in [0.1, 0.15) is 0 Å². The van der Waals surface area contributed by atoms with E-state index in [0.29, 0.717) is 23.4 Å². The molecule has 1 heterocycles. The van der Waals surface area contributed by atoms with Crippen molar-refractivity contribution in [3.8, 4) is 0 Å². The fraction of sp³-hybridized carbons (Fsp3) is 0.583. The Kier molecular flexibility index (Phi) is 10.2. The molecule has 0 saturated heterocycles. The highest BCUT2D eigenvalue weighted by Gasteiger charge is 2.36. The number of esters is 1. The molecule has 0 bridgehead atoms. The smallest absolute Gasteiger partial charge is 0.338 e. The number of allylic oxidation sites excluding steroid dienone is 1. The second-order valence-corrected chi connectivity index (χ2v) is 8.08. The molecule has 8 nitrogen and oxygen atoms in total. The molecule has 1 aromatic carbocycles. The number of nitrogens with one attached hydrogen (secondary N) is 1. The summed E-state index contributed by atoms with van der Waals surface area (Å²) in [5.41, 5.74) is 1.22. The molecule has 0 radical (unpaired) electrons. The van der Waals surface area contributed by atoms with Crippen LogP contribution in [0.4, 0.5) is 10.5 Å². The number of nitrogens with zero attached hydrogens (tertiary/aromatic N) is 2. The Morgan fingerprint density at radius 1 is 1.12 bits per heavy atom. The number of hydrogen-bond acceptors (Lipinski definition) is 5. The van der Waals surface area contributed by atoms with Gasteiger partial charge in [-0.1, -0.05) is 64.0 Å². The van der Waals surface area contributed by atoms with E-state index in [2.05, 4.69) is 12.2 Å². The van der Waals surface area contributed by atoms with E-state index in [1.165, 1.54) is 44.2 Å². The predicted octanol–water partition coefficient (Wildman–Crippen LogP) is 5.64. The lowest BCUT2D eigenvalue weighted by Gasteiger charge is -2.35. The SMILES string of the molecule is CCCCCCCCCCN1C(=O)NC(c2cccc([N+](=O)[O-])c2)C(C(=O)OCC)=C1C. The van der Waals surface area contributed by atoms with Crippen molar-refractivity contribution in [2.24, 2.45) is 0 Å². The molecule has 1 aliphatic rings. The third-order valence-electron chi connectivity index (χ3n) is 5.74. The topological polar surface area (TPSA) is 102 Å². The van der Waals surface area contributed by atoms with E-state index >= 15 is 0 Å². The van der Waals surface area contributed by atoms with Crippen molar-refractivity contribution < 1.29 is 19.2 Å². The Morgan fingerprint density at radius 2 is 1.78 bits per heavy atom. The molecule has 176 valence electrons. The summed E-state index contributed by atoms with van der Waals surface area (Å²) in [5, 5.41) is 14.0. The summed E-state index contributed by atoms with van der Waals surface area (Å²) in [6.07, 6.45) is 9.22. The number of carbonyl (C=O) groups excluding carboxylic acids is 2. The van der Waals surface area contributed by atoms with Crippen LogP contribution in [0.1, 0.15) is 83.7 Å². The molecule has 0 fully saturated rings. The van der Waals surface area contributed by atoms with Crippen molar-refractivity contribution in [3.05, 3.63) is 51.2 Å². The van der Waals surface area contributed by atoms with Gasteiger partial charge in [-0.15, -0.1) is 0 Å². The molecule has 1 aromatic rings. The number of benzene rings is 1. The molecule has 0 saturated carbocycles. The molecule has 8 heteroatoms. The molecule has 1 unspecified atom stereocenters. The summed E-state index contributed by atoms with van der Waals surface area (Å²) in [7, 11) is 0. The molecule has 0 aliphatic carbocycles. The van der Waals surface area contributed by atoms with Gasteiger partial charge < -0.3 is 10.1 Å². The molecule has 1 N–H and O–H groups in total.